The highest BCUT2D eigenvalue weighted by molar-refractivity contribution is 5.83. The first-order chi connectivity index (χ1) is 9.56. The highest BCUT2D eigenvalue weighted by Gasteiger charge is 2.41. The van der Waals surface area contributed by atoms with Gasteiger partial charge in [0.15, 0.2) is 0 Å². The number of aliphatic hydroxyl groups excluding tert-OH is 1. The van der Waals surface area contributed by atoms with Gasteiger partial charge < -0.3 is 24.7 Å². The Morgan fingerprint density at radius 2 is 1.95 bits per heavy atom. The second-order valence-corrected chi connectivity index (χ2v) is 5.50. The zero-order valence-corrected chi connectivity index (χ0v) is 11.7. The van der Waals surface area contributed by atoms with Gasteiger partial charge in [-0.15, -0.1) is 0 Å². The van der Waals surface area contributed by atoms with E-state index in [1.54, 1.807) is 4.90 Å². The number of rotatable bonds is 3. The summed E-state index contributed by atoms with van der Waals surface area (Å²) in [6.45, 7) is 1.62. The Morgan fingerprint density at radius 1 is 1.30 bits per heavy atom. The molecule has 114 valence electrons. The molecule has 2 aliphatic heterocycles. The Balaban J connectivity index is 1.99. The molecule has 0 aromatic rings. The van der Waals surface area contributed by atoms with Gasteiger partial charge in [-0.05, 0) is 18.8 Å². The SMILES string of the molecule is COC1CC(C(=O)O)N(C(=O)N2CCC(CO)CC2)C1. The van der Waals surface area contributed by atoms with Crippen molar-refractivity contribution in [3.05, 3.63) is 0 Å². The minimum atomic E-state index is -0.983. The van der Waals surface area contributed by atoms with Gasteiger partial charge in [0.2, 0.25) is 0 Å². The average molecular weight is 286 g/mol. The summed E-state index contributed by atoms with van der Waals surface area (Å²) in [5.74, 6) is -0.734. The van der Waals surface area contributed by atoms with Crippen LogP contribution in [0, 0.1) is 5.92 Å². The van der Waals surface area contributed by atoms with Gasteiger partial charge in [-0.1, -0.05) is 0 Å². The molecule has 2 fully saturated rings. The summed E-state index contributed by atoms with van der Waals surface area (Å²) < 4.78 is 5.18. The predicted octanol–water partition coefficient (Wildman–Crippen LogP) is -0.0154. The molecule has 0 aliphatic carbocycles. The molecule has 20 heavy (non-hydrogen) atoms. The fourth-order valence-corrected chi connectivity index (χ4v) is 2.90. The highest BCUT2D eigenvalue weighted by Crippen LogP contribution is 2.24. The number of hydrogen-bond acceptors (Lipinski definition) is 4. The van der Waals surface area contributed by atoms with Crippen LogP contribution in [0.1, 0.15) is 19.3 Å². The van der Waals surface area contributed by atoms with E-state index in [0.717, 1.165) is 12.8 Å². The van der Waals surface area contributed by atoms with Crippen LogP contribution >= 0.6 is 0 Å². The zero-order valence-electron chi connectivity index (χ0n) is 11.7. The van der Waals surface area contributed by atoms with Gasteiger partial charge >= 0.3 is 12.0 Å². The number of piperidine rings is 1. The standard InChI is InChI=1S/C13H22N2O5/c1-20-10-6-11(12(17)18)15(7-10)13(19)14-4-2-9(8-16)3-5-14/h9-11,16H,2-8H2,1H3,(H,17,18). The number of nitrogens with zero attached hydrogens (tertiary/aromatic N) is 2. The molecule has 2 amide bonds. The van der Waals surface area contributed by atoms with Gasteiger partial charge in [0, 0.05) is 39.8 Å². The van der Waals surface area contributed by atoms with Crippen LogP contribution in [0.2, 0.25) is 0 Å². The van der Waals surface area contributed by atoms with Crippen molar-refractivity contribution in [3.63, 3.8) is 0 Å². The van der Waals surface area contributed by atoms with E-state index in [1.165, 1.54) is 12.0 Å². The number of carboxylic acids is 1. The maximum Gasteiger partial charge on any atom is 0.326 e. The molecule has 7 nitrogen and oxygen atoms in total. The van der Waals surface area contributed by atoms with Crippen LogP contribution in [0.4, 0.5) is 4.79 Å². The lowest BCUT2D eigenvalue weighted by molar-refractivity contribution is -0.141. The summed E-state index contributed by atoms with van der Waals surface area (Å²) in [5.41, 5.74) is 0. The van der Waals surface area contributed by atoms with E-state index in [9.17, 15) is 14.7 Å². The van der Waals surface area contributed by atoms with Gasteiger partial charge in [0.25, 0.3) is 0 Å². The number of carbonyl (C=O) groups is 2. The van der Waals surface area contributed by atoms with E-state index in [0.29, 0.717) is 26.1 Å². The van der Waals surface area contributed by atoms with Crippen molar-refractivity contribution < 1.29 is 24.5 Å². The number of aliphatic carboxylic acids is 1. The molecule has 2 N–H and O–H groups in total. The van der Waals surface area contributed by atoms with Gasteiger partial charge in [-0.3, -0.25) is 0 Å². The van der Waals surface area contributed by atoms with E-state index in [-0.39, 0.29) is 24.7 Å². The molecule has 0 saturated carbocycles. The smallest absolute Gasteiger partial charge is 0.326 e. The molecule has 2 heterocycles. The normalized spacial score (nSPS) is 27.9. The van der Waals surface area contributed by atoms with Crippen molar-refractivity contribution in [2.75, 3.05) is 33.4 Å². The number of ether oxygens (including phenoxy) is 1. The molecule has 2 saturated heterocycles. The number of methoxy groups -OCH3 is 1. The van der Waals surface area contributed by atoms with E-state index in [4.69, 9.17) is 9.84 Å². The summed E-state index contributed by atoms with van der Waals surface area (Å²) in [6.07, 6.45) is 1.66. The van der Waals surface area contributed by atoms with E-state index >= 15 is 0 Å². The summed E-state index contributed by atoms with van der Waals surface area (Å²) in [7, 11) is 1.53. The first kappa shape index (κ1) is 15.1. The maximum atomic E-state index is 12.4. The van der Waals surface area contributed by atoms with Gasteiger partial charge in [-0.2, -0.15) is 0 Å². The first-order valence-electron chi connectivity index (χ1n) is 6.98. The Bertz CT molecular complexity index is 368. The van der Waals surface area contributed by atoms with Crippen LogP contribution in [0.5, 0.6) is 0 Å². The van der Waals surface area contributed by atoms with Crippen molar-refractivity contribution in [3.8, 4) is 0 Å². The topological polar surface area (TPSA) is 90.3 Å². The number of likely N-dealkylation sites (tertiary alicyclic amines) is 2. The number of aliphatic hydroxyl groups is 1. The molecule has 7 heteroatoms. The molecule has 0 aromatic carbocycles. The quantitative estimate of drug-likeness (QED) is 0.761. The highest BCUT2D eigenvalue weighted by atomic mass is 16.5. The Hall–Kier alpha value is -1.34. The minimum Gasteiger partial charge on any atom is -0.480 e. The maximum absolute atomic E-state index is 12.4. The van der Waals surface area contributed by atoms with Crippen molar-refractivity contribution in [2.45, 2.75) is 31.4 Å². The fourth-order valence-electron chi connectivity index (χ4n) is 2.90. The third-order valence-corrected chi connectivity index (χ3v) is 4.27. The molecule has 2 unspecified atom stereocenters. The minimum absolute atomic E-state index is 0.148. The zero-order chi connectivity index (χ0) is 14.7. The van der Waals surface area contributed by atoms with Crippen LogP contribution in [0.15, 0.2) is 0 Å². The number of hydrogen-bond donors (Lipinski definition) is 2. The van der Waals surface area contributed by atoms with Crippen molar-refractivity contribution in [1.29, 1.82) is 0 Å². The van der Waals surface area contributed by atoms with Crippen LogP contribution in [-0.4, -0.2) is 77.5 Å². The summed E-state index contributed by atoms with van der Waals surface area (Å²) in [4.78, 5) is 26.8. The molecule has 2 atom stereocenters. The van der Waals surface area contributed by atoms with Gasteiger partial charge in [0.05, 0.1) is 6.10 Å². The molecule has 2 rings (SSSR count). The second kappa shape index (κ2) is 6.41. The number of amides is 2. The molecule has 0 spiro atoms. The largest absolute Gasteiger partial charge is 0.480 e. The van der Waals surface area contributed by atoms with Gasteiger partial charge in [-0.25, -0.2) is 9.59 Å². The molecule has 0 aromatic heterocycles. The summed E-state index contributed by atoms with van der Waals surface area (Å²) >= 11 is 0. The number of carboxylic acid groups (broad SMARTS) is 1. The third kappa shape index (κ3) is 3.04. The molecule has 0 bridgehead atoms. The van der Waals surface area contributed by atoms with Crippen LogP contribution < -0.4 is 0 Å². The number of carbonyl (C=O) groups excluding carboxylic acids is 1. The second-order valence-electron chi connectivity index (χ2n) is 5.50. The molecular weight excluding hydrogens is 264 g/mol. The third-order valence-electron chi connectivity index (χ3n) is 4.27. The van der Waals surface area contributed by atoms with Crippen molar-refractivity contribution in [2.24, 2.45) is 5.92 Å². The lowest BCUT2D eigenvalue weighted by Gasteiger charge is -2.35. The molecule has 2 aliphatic rings. The summed E-state index contributed by atoms with van der Waals surface area (Å²) in [5, 5.41) is 18.3. The van der Waals surface area contributed by atoms with E-state index in [2.05, 4.69) is 0 Å². The number of urea groups is 1. The fraction of sp³-hybridized carbons (Fsp3) is 0.846. The lowest BCUT2D eigenvalue weighted by atomic mass is 9.98. The van der Waals surface area contributed by atoms with Gasteiger partial charge in [0.1, 0.15) is 6.04 Å². The van der Waals surface area contributed by atoms with E-state index in [1.807, 2.05) is 0 Å². The predicted molar refractivity (Wildman–Crippen MR) is 70.3 cm³/mol. The van der Waals surface area contributed by atoms with Crippen LogP contribution in [0.3, 0.4) is 0 Å². The van der Waals surface area contributed by atoms with Crippen LogP contribution in [0.25, 0.3) is 0 Å². The first-order valence-corrected chi connectivity index (χ1v) is 6.98. The van der Waals surface area contributed by atoms with E-state index < -0.39 is 12.0 Å². The van der Waals surface area contributed by atoms with Crippen molar-refractivity contribution in [1.82, 2.24) is 9.80 Å². The van der Waals surface area contributed by atoms with Crippen molar-refractivity contribution >= 4 is 12.0 Å². The average Bonchev–Trinajstić information content (AvgIpc) is 2.91. The summed E-state index contributed by atoms with van der Waals surface area (Å²) in [6, 6.07) is -1.03. The van der Waals surface area contributed by atoms with Crippen LogP contribution in [-0.2, 0) is 9.53 Å². The lowest BCUT2D eigenvalue weighted by Crippen LogP contribution is -2.50. The Morgan fingerprint density at radius 3 is 2.45 bits per heavy atom. The Kier molecular flexibility index (Phi) is 4.82. The molecular formula is C13H22N2O5. The Labute approximate surface area is 118 Å². The monoisotopic (exact) mass is 286 g/mol. The molecule has 0 radical (unpaired) electrons.